The summed E-state index contributed by atoms with van der Waals surface area (Å²) >= 11 is 0. The maximum atomic E-state index is 13.9. The minimum absolute atomic E-state index is 0.0229. The average Bonchev–Trinajstić information content (AvgIpc) is 2.47. The van der Waals surface area contributed by atoms with Gasteiger partial charge in [0.1, 0.15) is 5.82 Å². The number of hydrogen-bond donors (Lipinski definition) is 0. The molecule has 1 aromatic carbocycles. The maximum absolute atomic E-state index is 13.9. The number of nitrogens with zero attached hydrogens (tertiary/aromatic N) is 1. The smallest absolute Gasteiger partial charge is 0.340 e. The molecule has 1 saturated heterocycles. The van der Waals surface area contributed by atoms with Crippen LogP contribution in [0.25, 0.3) is 0 Å². The number of hydrogen-bond acceptors (Lipinski definition) is 4. The van der Waals surface area contributed by atoms with E-state index in [2.05, 4.69) is 16.6 Å². The molecule has 1 aromatic rings. The highest BCUT2D eigenvalue weighted by Crippen LogP contribution is 2.17. The van der Waals surface area contributed by atoms with Gasteiger partial charge in [-0.15, -0.1) is 0 Å². The van der Waals surface area contributed by atoms with Gasteiger partial charge in [-0.25, -0.2) is 9.18 Å². The standard InChI is InChI=1S/C15H20FNO3/c1-3-12-10-20-7-6-17(12)9-11-4-5-13(14(16)8-11)15(18)19-2/h4-5,8,12H,3,6-7,9-10H2,1-2H3. The molecule has 20 heavy (non-hydrogen) atoms. The van der Waals surface area contributed by atoms with Crippen LogP contribution in [0.4, 0.5) is 4.39 Å². The van der Waals surface area contributed by atoms with Gasteiger partial charge in [0, 0.05) is 19.1 Å². The topological polar surface area (TPSA) is 38.8 Å². The molecule has 0 bridgehead atoms. The molecule has 0 N–H and O–H groups in total. The van der Waals surface area contributed by atoms with Crippen molar-refractivity contribution in [2.45, 2.75) is 25.9 Å². The van der Waals surface area contributed by atoms with Gasteiger partial charge in [0.25, 0.3) is 0 Å². The molecule has 1 heterocycles. The number of benzene rings is 1. The van der Waals surface area contributed by atoms with Gasteiger partial charge in [-0.1, -0.05) is 13.0 Å². The summed E-state index contributed by atoms with van der Waals surface area (Å²) < 4.78 is 23.9. The van der Waals surface area contributed by atoms with Crippen molar-refractivity contribution in [1.29, 1.82) is 0 Å². The van der Waals surface area contributed by atoms with Gasteiger partial charge in [-0.3, -0.25) is 4.90 Å². The van der Waals surface area contributed by atoms with Crippen LogP contribution >= 0.6 is 0 Å². The van der Waals surface area contributed by atoms with E-state index in [-0.39, 0.29) is 5.56 Å². The normalized spacial score (nSPS) is 19.9. The van der Waals surface area contributed by atoms with Crippen LogP contribution in [0.1, 0.15) is 29.3 Å². The second-order valence-corrected chi connectivity index (χ2v) is 4.91. The fourth-order valence-corrected chi connectivity index (χ4v) is 2.44. The highest BCUT2D eigenvalue weighted by molar-refractivity contribution is 5.89. The molecule has 5 heteroatoms. The zero-order valence-electron chi connectivity index (χ0n) is 11.9. The van der Waals surface area contributed by atoms with E-state index in [1.54, 1.807) is 6.07 Å². The molecule has 1 fully saturated rings. The van der Waals surface area contributed by atoms with E-state index in [1.165, 1.54) is 19.2 Å². The monoisotopic (exact) mass is 281 g/mol. The number of carbonyl (C=O) groups is 1. The van der Waals surface area contributed by atoms with Gasteiger partial charge >= 0.3 is 5.97 Å². The van der Waals surface area contributed by atoms with Gasteiger partial charge in [0.15, 0.2) is 0 Å². The number of ether oxygens (including phenoxy) is 2. The quantitative estimate of drug-likeness (QED) is 0.793. The molecule has 1 aliphatic heterocycles. The number of rotatable bonds is 4. The number of methoxy groups -OCH3 is 1. The van der Waals surface area contributed by atoms with E-state index >= 15 is 0 Å². The molecule has 110 valence electrons. The number of esters is 1. The summed E-state index contributed by atoms with van der Waals surface area (Å²) in [5, 5.41) is 0. The Balaban J connectivity index is 2.09. The third-order valence-electron chi connectivity index (χ3n) is 3.65. The first-order chi connectivity index (χ1) is 9.65. The van der Waals surface area contributed by atoms with E-state index < -0.39 is 11.8 Å². The van der Waals surface area contributed by atoms with Crippen molar-refractivity contribution in [2.75, 3.05) is 26.9 Å². The lowest BCUT2D eigenvalue weighted by atomic mass is 10.1. The molecule has 0 spiro atoms. The van der Waals surface area contributed by atoms with Crippen molar-refractivity contribution in [3.8, 4) is 0 Å². The van der Waals surface area contributed by atoms with Crippen LogP contribution in [0.3, 0.4) is 0 Å². The van der Waals surface area contributed by atoms with Gasteiger partial charge < -0.3 is 9.47 Å². The lowest BCUT2D eigenvalue weighted by molar-refractivity contribution is -0.0127. The van der Waals surface area contributed by atoms with Crippen LogP contribution < -0.4 is 0 Å². The van der Waals surface area contributed by atoms with Crippen LogP contribution in [0.2, 0.25) is 0 Å². The Bertz CT molecular complexity index is 478. The summed E-state index contributed by atoms with van der Waals surface area (Å²) in [6.07, 6.45) is 1.00. The van der Waals surface area contributed by atoms with Crippen molar-refractivity contribution in [3.05, 3.63) is 35.1 Å². The SMILES string of the molecule is CCC1COCCN1Cc1ccc(C(=O)OC)c(F)c1. The van der Waals surface area contributed by atoms with Gasteiger partial charge in [0.05, 0.1) is 25.9 Å². The van der Waals surface area contributed by atoms with E-state index in [0.717, 1.165) is 25.1 Å². The van der Waals surface area contributed by atoms with Crippen molar-refractivity contribution < 1.29 is 18.7 Å². The van der Waals surface area contributed by atoms with Gasteiger partial charge in [-0.2, -0.15) is 0 Å². The molecule has 1 aliphatic rings. The van der Waals surface area contributed by atoms with Crippen LogP contribution in [0, 0.1) is 5.82 Å². The fraction of sp³-hybridized carbons (Fsp3) is 0.533. The fourth-order valence-electron chi connectivity index (χ4n) is 2.44. The Morgan fingerprint density at radius 3 is 3.00 bits per heavy atom. The molecule has 4 nitrogen and oxygen atoms in total. The molecule has 0 aromatic heterocycles. The summed E-state index contributed by atoms with van der Waals surface area (Å²) in [5.41, 5.74) is 0.834. The lowest BCUT2D eigenvalue weighted by Crippen LogP contribution is -2.44. The summed E-state index contributed by atoms with van der Waals surface area (Å²) in [4.78, 5) is 13.6. The first-order valence-corrected chi connectivity index (χ1v) is 6.84. The third kappa shape index (κ3) is 3.35. The molecule has 1 atom stereocenters. The Morgan fingerprint density at radius 2 is 2.35 bits per heavy atom. The molecular formula is C15H20FNO3. The van der Waals surface area contributed by atoms with Crippen LogP contribution in [-0.4, -0.2) is 43.8 Å². The number of morpholine rings is 1. The highest BCUT2D eigenvalue weighted by Gasteiger charge is 2.22. The highest BCUT2D eigenvalue weighted by atomic mass is 19.1. The van der Waals surface area contributed by atoms with Crippen molar-refractivity contribution >= 4 is 5.97 Å². The van der Waals surface area contributed by atoms with Gasteiger partial charge in [-0.05, 0) is 24.1 Å². The zero-order valence-corrected chi connectivity index (χ0v) is 11.9. The van der Waals surface area contributed by atoms with Crippen LogP contribution in [-0.2, 0) is 16.0 Å². The summed E-state index contributed by atoms with van der Waals surface area (Å²) in [5.74, 6) is -1.18. The Hall–Kier alpha value is -1.46. The maximum Gasteiger partial charge on any atom is 0.340 e. The molecule has 0 saturated carbocycles. The average molecular weight is 281 g/mol. The van der Waals surface area contributed by atoms with Crippen LogP contribution in [0.15, 0.2) is 18.2 Å². The lowest BCUT2D eigenvalue weighted by Gasteiger charge is -2.35. The van der Waals surface area contributed by atoms with Crippen molar-refractivity contribution in [1.82, 2.24) is 4.90 Å². The summed E-state index contributed by atoms with van der Waals surface area (Å²) in [7, 11) is 1.25. The minimum Gasteiger partial charge on any atom is -0.465 e. The molecular weight excluding hydrogens is 261 g/mol. The summed E-state index contributed by atoms with van der Waals surface area (Å²) in [6.45, 7) is 5.06. The Labute approximate surface area is 118 Å². The minimum atomic E-state index is -0.646. The molecule has 1 unspecified atom stereocenters. The number of halogens is 1. The van der Waals surface area contributed by atoms with E-state index in [1.807, 2.05) is 0 Å². The molecule has 0 amide bonds. The van der Waals surface area contributed by atoms with Gasteiger partial charge in [0.2, 0.25) is 0 Å². The number of carbonyl (C=O) groups excluding carboxylic acids is 1. The third-order valence-corrected chi connectivity index (χ3v) is 3.65. The van der Waals surface area contributed by atoms with E-state index in [0.29, 0.717) is 19.2 Å². The largest absolute Gasteiger partial charge is 0.465 e. The predicted molar refractivity (Wildman–Crippen MR) is 73.0 cm³/mol. The zero-order chi connectivity index (χ0) is 14.5. The van der Waals surface area contributed by atoms with Crippen molar-refractivity contribution in [3.63, 3.8) is 0 Å². The first kappa shape index (κ1) is 14.9. The van der Waals surface area contributed by atoms with Crippen molar-refractivity contribution in [2.24, 2.45) is 0 Å². The second kappa shape index (κ2) is 6.81. The van der Waals surface area contributed by atoms with E-state index in [4.69, 9.17) is 4.74 Å². The molecule has 0 radical (unpaired) electrons. The molecule has 0 aliphatic carbocycles. The predicted octanol–water partition coefficient (Wildman–Crippen LogP) is 2.22. The molecule has 2 rings (SSSR count). The van der Waals surface area contributed by atoms with E-state index in [9.17, 15) is 9.18 Å². The van der Waals surface area contributed by atoms with Crippen LogP contribution in [0.5, 0.6) is 0 Å². The Kier molecular flexibility index (Phi) is 5.09. The summed E-state index contributed by atoms with van der Waals surface area (Å²) in [6, 6.07) is 5.04. The first-order valence-electron chi connectivity index (χ1n) is 6.84. The second-order valence-electron chi connectivity index (χ2n) is 4.91. The Morgan fingerprint density at radius 1 is 1.55 bits per heavy atom.